The van der Waals surface area contributed by atoms with Crippen LogP contribution >= 0.6 is 0 Å². The fraction of sp³-hybridized carbons (Fsp3) is 0.588. The molecule has 3 heteroatoms. The Morgan fingerprint density at radius 1 is 1.30 bits per heavy atom. The number of fused-ring (bicyclic) bond motifs is 2. The molecule has 0 aromatic heterocycles. The molecular formula is C17H20N2O. The number of Topliss-reactive ketones (excluding diaryl/α,β-unsaturated/α-hetero) is 1. The molecule has 4 bridgehead atoms. The van der Waals surface area contributed by atoms with Gasteiger partial charge in [0.15, 0.2) is 5.78 Å². The number of nitrogens with zero attached hydrogens (tertiary/aromatic N) is 1. The average molecular weight is 268 g/mol. The number of carbonyl (C=O) groups is 1. The van der Waals surface area contributed by atoms with Crippen LogP contribution in [0.15, 0.2) is 24.3 Å². The van der Waals surface area contributed by atoms with Crippen LogP contribution in [0.25, 0.3) is 0 Å². The Labute approximate surface area is 119 Å². The Kier molecular flexibility index (Phi) is 1.95. The van der Waals surface area contributed by atoms with Crippen molar-refractivity contribution in [2.45, 2.75) is 36.8 Å². The zero-order valence-corrected chi connectivity index (χ0v) is 11.8. The molecule has 3 saturated carbocycles. The van der Waals surface area contributed by atoms with Crippen molar-refractivity contribution in [3.63, 3.8) is 0 Å². The molecule has 2 heterocycles. The normalized spacial score (nSPS) is 45.0. The topological polar surface area (TPSA) is 32.3 Å². The van der Waals surface area contributed by atoms with Gasteiger partial charge in [-0.25, -0.2) is 0 Å². The minimum absolute atomic E-state index is 0.173. The quantitative estimate of drug-likeness (QED) is 0.781. The minimum atomic E-state index is 0.173. The maximum atomic E-state index is 12.8. The molecule has 1 aromatic carbocycles. The maximum Gasteiger partial charge on any atom is 0.155 e. The lowest BCUT2D eigenvalue weighted by Gasteiger charge is -2.61. The Hall–Kier alpha value is -1.35. The second kappa shape index (κ2) is 3.45. The number of nitrogens with one attached hydrogen (secondary N) is 1. The summed E-state index contributed by atoms with van der Waals surface area (Å²) in [5.41, 5.74) is 3.00. The van der Waals surface area contributed by atoms with Crippen LogP contribution in [0.3, 0.4) is 0 Å². The van der Waals surface area contributed by atoms with E-state index in [0.717, 1.165) is 13.0 Å². The van der Waals surface area contributed by atoms with Crippen LogP contribution in [0.5, 0.6) is 0 Å². The van der Waals surface area contributed by atoms with Crippen molar-refractivity contribution in [3.8, 4) is 0 Å². The Morgan fingerprint density at radius 3 is 3.05 bits per heavy atom. The van der Waals surface area contributed by atoms with Gasteiger partial charge in [-0.2, -0.15) is 0 Å². The van der Waals surface area contributed by atoms with Crippen LogP contribution in [0.1, 0.15) is 24.8 Å². The van der Waals surface area contributed by atoms with Gasteiger partial charge >= 0.3 is 0 Å². The van der Waals surface area contributed by atoms with Crippen molar-refractivity contribution in [1.29, 1.82) is 0 Å². The largest absolute Gasteiger partial charge is 0.380 e. The first kappa shape index (κ1) is 11.3. The van der Waals surface area contributed by atoms with Gasteiger partial charge in [0.1, 0.15) is 0 Å². The molecule has 0 amide bonds. The standard InChI is InChI=1S/C17H20N2O/c1-19-9-8-17-11-4-2-3-5-13(11)18-16(17)10-6-7-12(17)14(19)15(10)20/h2-5,10,12,14,16,18H,6-9H2,1H3. The Bertz CT molecular complexity index is 613. The van der Waals surface area contributed by atoms with Crippen LogP contribution < -0.4 is 5.32 Å². The molecule has 5 unspecified atom stereocenters. The van der Waals surface area contributed by atoms with Crippen molar-refractivity contribution in [2.24, 2.45) is 11.8 Å². The van der Waals surface area contributed by atoms with E-state index in [4.69, 9.17) is 0 Å². The third-order valence-electron chi connectivity index (χ3n) is 6.54. The van der Waals surface area contributed by atoms with Crippen LogP contribution in [0.4, 0.5) is 5.69 Å². The van der Waals surface area contributed by atoms with Gasteiger partial charge < -0.3 is 5.32 Å². The van der Waals surface area contributed by atoms with Crippen LogP contribution in [0.2, 0.25) is 0 Å². The number of para-hydroxylation sites is 1. The molecule has 3 nitrogen and oxygen atoms in total. The molecule has 2 aliphatic heterocycles. The highest BCUT2D eigenvalue weighted by Crippen LogP contribution is 2.62. The lowest BCUT2D eigenvalue weighted by Crippen LogP contribution is -2.72. The summed E-state index contributed by atoms with van der Waals surface area (Å²) in [4.78, 5) is 15.1. The number of ketones is 1. The second-order valence-corrected chi connectivity index (χ2v) is 7.08. The van der Waals surface area contributed by atoms with E-state index >= 15 is 0 Å². The van der Waals surface area contributed by atoms with Gasteiger partial charge in [-0.15, -0.1) is 0 Å². The predicted molar refractivity (Wildman–Crippen MR) is 77.8 cm³/mol. The monoisotopic (exact) mass is 268 g/mol. The first-order valence-corrected chi connectivity index (χ1v) is 7.83. The number of carbonyl (C=O) groups excluding carboxylic acids is 1. The smallest absolute Gasteiger partial charge is 0.155 e. The molecule has 6 rings (SSSR count). The number of likely N-dealkylation sites (tertiary alicyclic amines) is 1. The summed E-state index contributed by atoms with van der Waals surface area (Å²) >= 11 is 0. The van der Waals surface area contributed by atoms with Crippen molar-refractivity contribution in [2.75, 3.05) is 18.9 Å². The molecule has 104 valence electrons. The molecule has 4 fully saturated rings. The van der Waals surface area contributed by atoms with Gasteiger partial charge in [-0.05, 0) is 50.4 Å². The van der Waals surface area contributed by atoms with Gasteiger partial charge in [0, 0.05) is 23.1 Å². The number of piperidine rings is 1. The Morgan fingerprint density at radius 2 is 2.15 bits per heavy atom. The number of benzene rings is 1. The van der Waals surface area contributed by atoms with Gasteiger partial charge in [0.25, 0.3) is 0 Å². The average Bonchev–Trinajstić information content (AvgIpc) is 2.81. The highest BCUT2D eigenvalue weighted by Gasteiger charge is 2.67. The first-order valence-electron chi connectivity index (χ1n) is 7.83. The maximum absolute atomic E-state index is 12.8. The Balaban J connectivity index is 1.76. The third kappa shape index (κ3) is 1.04. The van der Waals surface area contributed by atoms with Crippen LogP contribution in [-0.2, 0) is 10.2 Å². The zero-order valence-electron chi connectivity index (χ0n) is 11.8. The van der Waals surface area contributed by atoms with Crippen LogP contribution in [-0.4, -0.2) is 36.4 Å². The minimum Gasteiger partial charge on any atom is -0.380 e. The van der Waals surface area contributed by atoms with E-state index in [-0.39, 0.29) is 17.4 Å². The third-order valence-corrected chi connectivity index (χ3v) is 6.54. The summed E-state index contributed by atoms with van der Waals surface area (Å²) in [6.07, 6.45) is 3.50. The summed E-state index contributed by atoms with van der Waals surface area (Å²) in [5, 5.41) is 3.72. The highest BCUT2D eigenvalue weighted by molar-refractivity contribution is 5.92. The van der Waals surface area contributed by atoms with Gasteiger partial charge in [-0.1, -0.05) is 18.2 Å². The molecule has 1 saturated heterocycles. The van der Waals surface area contributed by atoms with E-state index in [1.165, 1.54) is 24.1 Å². The van der Waals surface area contributed by atoms with Crippen molar-refractivity contribution >= 4 is 11.5 Å². The van der Waals surface area contributed by atoms with Crippen molar-refractivity contribution < 1.29 is 4.79 Å². The van der Waals surface area contributed by atoms with Crippen molar-refractivity contribution in [3.05, 3.63) is 29.8 Å². The number of hydrogen-bond donors (Lipinski definition) is 1. The summed E-state index contributed by atoms with van der Waals surface area (Å²) in [6.45, 7) is 1.05. The van der Waals surface area contributed by atoms with Crippen molar-refractivity contribution in [1.82, 2.24) is 4.90 Å². The van der Waals surface area contributed by atoms with Gasteiger partial charge in [0.05, 0.1) is 6.04 Å². The van der Waals surface area contributed by atoms with E-state index in [9.17, 15) is 4.79 Å². The summed E-state index contributed by atoms with van der Waals surface area (Å²) in [5.74, 6) is 1.24. The highest BCUT2D eigenvalue weighted by atomic mass is 16.1. The zero-order chi connectivity index (χ0) is 13.5. The number of likely N-dealkylation sites (N-methyl/N-ethyl adjacent to an activating group) is 1. The van der Waals surface area contributed by atoms with E-state index < -0.39 is 0 Å². The van der Waals surface area contributed by atoms with E-state index in [2.05, 4.69) is 41.5 Å². The number of anilines is 1. The van der Waals surface area contributed by atoms with Gasteiger partial charge in [0.2, 0.25) is 0 Å². The molecule has 3 aliphatic carbocycles. The van der Waals surface area contributed by atoms with E-state index in [1.807, 2.05) is 0 Å². The molecular weight excluding hydrogens is 248 g/mol. The molecule has 5 atom stereocenters. The molecule has 1 N–H and O–H groups in total. The number of hydrogen-bond acceptors (Lipinski definition) is 3. The van der Waals surface area contributed by atoms with Gasteiger partial charge in [-0.3, -0.25) is 9.69 Å². The van der Waals surface area contributed by atoms with E-state index in [1.54, 1.807) is 0 Å². The fourth-order valence-electron chi connectivity index (χ4n) is 5.82. The van der Waals surface area contributed by atoms with Crippen LogP contribution in [0, 0.1) is 11.8 Å². The molecule has 20 heavy (non-hydrogen) atoms. The summed E-state index contributed by atoms with van der Waals surface area (Å²) in [7, 11) is 2.14. The SMILES string of the molecule is CN1CCC23c4ccccc4NC2C2CCC3C1C2=O. The molecule has 1 aromatic rings. The van der Waals surface area contributed by atoms with E-state index in [0.29, 0.717) is 17.7 Å². The molecule has 0 radical (unpaired) electrons. The first-order chi connectivity index (χ1) is 9.73. The summed E-state index contributed by atoms with van der Waals surface area (Å²) < 4.78 is 0. The molecule has 1 spiro atoms. The lowest BCUT2D eigenvalue weighted by atomic mass is 9.47. The molecule has 5 aliphatic rings. The lowest BCUT2D eigenvalue weighted by molar-refractivity contribution is -0.149. The fourth-order valence-corrected chi connectivity index (χ4v) is 5.82. The predicted octanol–water partition coefficient (Wildman–Crippen LogP) is 2.03. The number of rotatable bonds is 0. The second-order valence-electron chi connectivity index (χ2n) is 7.08. The summed E-state index contributed by atoms with van der Waals surface area (Å²) in [6, 6.07) is 9.29.